The van der Waals surface area contributed by atoms with E-state index in [9.17, 15) is 27.6 Å². The molecule has 9 heteroatoms. The van der Waals surface area contributed by atoms with Crippen molar-refractivity contribution in [1.82, 2.24) is 10.2 Å². The Morgan fingerprint density at radius 1 is 1.19 bits per heavy atom. The minimum Gasteiger partial charge on any atom is -0.465 e. The van der Waals surface area contributed by atoms with Crippen LogP contribution in [0.2, 0.25) is 0 Å². The molecule has 1 aliphatic rings. The Morgan fingerprint density at radius 3 is 2.10 bits per heavy atom. The van der Waals surface area contributed by atoms with Crippen molar-refractivity contribution in [1.29, 1.82) is 0 Å². The molecule has 1 heterocycles. The Kier molecular flexibility index (Phi) is 4.54. The Bertz CT molecular complexity index is 456. The van der Waals surface area contributed by atoms with Gasteiger partial charge in [-0.3, -0.25) is 19.8 Å². The molecule has 6 nitrogen and oxygen atoms in total. The van der Waals surface area contributed by atoms with Crippen molar-refractivity contribution in [2.75, 3.05) is 6.54 Å². The molecule has 21 heavy (non-hydrogen) atoms. The lowest BCUT2D eigenvalue weighted by atomic mass is 9.76. The molecule has 0 aliphatic carbocycles. The van der Waals surface area contributed by atoms with Crippen molar-refractivity contribution >= 4 is 17.9 Å². The van der Waals surface area contributed by atoms with Crippen LogP contribution in [0.5, 0.6) is 0 Å². The summed E-state index contributed by atoms with van der Waals surface area (Å²) in [6, 6.07) is -1.31. The van der Waals surface area contributed by atoms with Crippen LogP contribution in [0.25, 0.3) is 0 Å². The smallest absolute Gasteiger partial charge is 0.465 e. The number of amides is 3. The number of likely N-dealkylation sites (tertiary alicyclic amines) is 1. The van der Waals surface area contributed by atoms with E-state index in [1.54, 1.807) is 20.8 Å². The van der Waals surface area contributed by atoms with Gasteiger partial charge in [-0.25, -0.2) is 4.79 Å². The molecule has 3 amide bonds. The largest absolute Gasteiger partial charge is 0.471 e. The number of carboxylic acid groups (broad SMARTS) is 1. The molecule has 0 aromatic rings. The van der Waals surface area contributed by atoms with Crippen LogP contribution in [0, 0.1) is 11.3 Å². The van der Waals surface area contributed by atoms with Crippen LogP contribution in [0.15, 0.2) is 0 Å². The van der Waals surface area contributed by atoms with Crippen LogP contribution >= 0.6 is 0 Å². The third-order valence-electron chi connectivity index (χ3n) is 3.52. The van der Waals surface area contributed by atoms with Crippen LogP contribution in [-0.4, -0.2) is 46.7 Å². The molecule has 2 unspecified atom stereocenters. The van der Waals surface area contributed by atoms with Gasteiger partial charge in [-0.2, -0.15) is 13.2 Å². The average Bonchev–Trinajstić information content (AvgIpc) is 2.71. The summed E-state index contributed by atoms with van der Waals surface area (Å²) in [7, 11) is 0. The molecule has 0 aromatic carbocycles. The number of halogens is 3. The van der Waals surface area contributed by atoms with E-state index in [-0.39, 0.29) is 6.54 Å². The summed E-state index contributed by atoms with van der Waals surface area (Å²) in [6.45, 7) is 5.31. The van der Waals surface area contributed by atoms with Crippen molar-refractivity contribution in [3.63, 3.8) is 0 Å². The predicted octanol–water partition coefficient (Wildman–Crippen LogP) is 1.61. The third-order valence-corrected chi connectivity index (χ3v) is 3.52. The fourth-order valence-electron chi connectivity index (χ4n) is 2.49. The van der Waals surface area contributed by atoms with Crippen LogP contribution in [0.4, 0.5) is 18.0 Å². The lowest BCUT2D eigenvalue weighted by Gasteiger charge is -2.33. The van der Waals surface area contributed by atoms with Crippen molar-refractivity contribution < 1.29 is 32.7 Å². The van der Waals surface area contributed by atoms with E-state index in [0.29, 0.717) is 6.42 Å². The fraction of sp³-hybridized carbons (Fsp3) is 0.750. The number of alkyl halides is 3. The molecular formula is C12H17F3N2O4. The minimum atomic E-state index is -5.19. The summed E-state index contributed by atoms with van der Waals surface area (Å²) in [6.07, 6.45) is -6.26. The first-order valence-corrected chi connectivity index (χ1v) is 6.27. The van der Waals surface area contributed by atoms with Gasteiger partial charge < -0.3 is 5.11 Å². The topological polar surface area (TPSA) is 86.7 Å². The van der Waals surface area contributed by atoms with E-state index < -0.39 is 41.5 Å². The van der Waals surface area contributed by atoms with Crippen LogP contribution in [0.3, 0.4) is 0 Å². The van der Waals surface area contributed by atoms with Crippen molar-refractivity contribution in [3.8, 4) is 0 Å². The van der Waals surface area contributed by atoms with Gasteiger partial charge >= 0.3 is 18.2 Å². The highest BCUT2D eigenvalue weighted by Gasteiger charge is 2.49. The van der Waals surface area contributed by atoms with Gasteiger partial charge in [0, 0.05) is 6.54 Å². The van der Waals surface area contributed by atoms with Gasteiger partial charge in [0.2, 0.25) is 5.91 Å². The molecule has 0 saturated carbocycles. The zero-order valence-electron chi connectivity index (χ0n) is 11.8. The molecule has 0 radical (unpaired) electrons. The fourth-order valence-corrected chi connectivity index (χ4v) is 2.49. The Morgan fingerprint density at radius 2 is 1.71 bits per heavy atom. The molecule has 1 fully saturated rings. The highest BCUT2D eigenvalue weighted by Crippen LogP contribution is 2.38. The second-order valence-electron chi connectivity index (χ2n) is 6.00. The zero-order chi connectivity index (χ0) is 16.6. The van der Waals surface area contributed by atoms with Crippen molar-refractivity contribution in [2.24, 2.45) is 11.3 Å². The third kappa shape index (κ3) is 3.85. The molecule has 0 spiro atoms. The van der Waals surface area contributed by atoms with E-state index in [1.807, 2.05) is 0 Å². The first kappa shape index (κ1) is 17.3. The minimum absolute atomic E-state index is 0.0373. The SMILES string of the molecule is CC(C)(C)C1CCN(C(=O)O)C1C(=O)NC(=O)C(F)(F)F. The van der Waals surface area contributed by atoms with Crippen LogP contribution in [0.1, 0.15) is 27.2 Å². The molecule has 0 aromatic heterocycles. The summed E-state index contributed by atoms with van der Waals surface area (Å²) in [4.78, 5) is 34.7. The predicted molar refractivity (Wildman–Crippen MR) is 65.3 cm³/mol. The molecule has 1 rings (SSSR count). The number of carbonyl (C=O) groups excluding carboxylic acids is 2. The van der Waals surface area contributed by atoms with Gasteiger partial charge in [-0.1, -0.05) is 20.8 Å². The maximum absolute atomic E-state index is 12.2. The molecule has 1 saturated heterocycles. The molecule has 0 bridgehead atoms. The summed E-state index contributed by atoms with van der Waals surface area (Å²) >= 11 is 0. The van der Waals surface area contributed by atoms with Crippen molar-refractivity contribution in [2.45, 2.75) is 39.4 Å². The van der Waals surface area contributed by atoms with E-state index in [2.05, 4.69) is 0 Å². The number of rotatable bonds is 1. The number of hydrogen-bond donors (Lipinski definition) is 2. The zero-order valence-corrected chi connectivity index (χ0v) is 11.8. The highest BCUT2D eigenvalue weighted by atomic mass is 19.4. The lowest BCUT2D eigenvalue weighted by molar-refractivity contribution is -0.175. The second kappa shape index (κ2) is 5.53. The van der Waals surface area contributed by atoms with E-state index in [0.717, 1.165) is 4.90 Å². The maximum atomic E-state index is 12.2. The van der Waals surface area contributed by atoms with Gasteiger partial charge in [-0.05, 0) is 17.8 Å². The quantitative estimate of drug-likeness (QED) is 0.770. The highest BCUT2D eigenvalue weighted by molar-refractivity contribution is 6.01. The van der Waals surface area contributed by atoms with E-state index in [4.69, 9.17) is 5.11 Å². The number of carbonyl (C=O) groups is 3. The standard InChI is InChI=1S/C12H17F3N2O4/c1-11(2,3)6-4-5-17(10(20)21)7(6)8(18)16-9(19)12(13,14)15/h6-7H,4-5H2,1-3H3,(H,20,21)(H,16,18,19). The normalized spacial score (nSPS) is 23.0. The first-order valence-electron chi connectivity index (χ1n) is 6.27. The van der Waals surface area contributed by atoms with Gasteiger partial charge in [0.25, 0.3) is 0 Å². The van der Waals surface area contributed by atoms with Gasteiger partial charge in [-0.15, -0.1) is 0 Å². The summed E-state index contributed by atoms with van der Waals surface area (Å²) < 4.78 is 36.6. The van der Waals surface area contributed by atoms with Crippen molar-refractivity contribution in [3.05, 3.63) is 0 Å². The van der Waals surface area contributed by atoms with Gasteiger partial charge in [0.05, 0.1) is 0 Å². The number of nitrogens with one attached hydrogen (secondary N) is 1. The van der Waals surface area contributed by atoms with Crippen LogP contribution in [-0.2, 0) is 9.59 Å². The monoisotopic (exact) mass is 310 g/mol. The Balaban J connectivity index is 2.99. The summed E-state index contributed by atoms with van der Waals surface area (Å²) in [5.74, 6) is -4.11. The number of nitrogens with zero attached hydrogens (tertiary/aromatic N) is 1. The molecule has 2 N–H and O–H groups in total. The first-order chi connectivity index (χ1) is 9.35. The molecule has 120 valence electrons. The number of imide groups is 1. The van der Waals surface area contributed by atoms with Gasteiger partial charge in [0.15, 0.2) is 0 Å². The maximum Gasteiger partial charge on any atom is 0.471 e. The van der Waals surface area contributed by atoms with E-state index >= 15 is 0 Å². The van der Waals surface area contributed by atoms with Crippen LogP contribution < -0.4 is 5.32 Å². The second-order valence-corrected chi connectivity index (χ2v) is 6.00. The van der Waals surface area contributed by atoms with Gasteiger partial charge in [0.1, 0.15) is 6.04 Å². The van der Waals surface area contributed by atoms with E-state index in [1.165, 1.54) is 5.32 Å². The summed E-state index contributed by atoms with van der Waals surface area (Å²) in [5.41, 5.74) is -0.493. The lowest BCUT2D eigenvalue weighted by Crippen LogP contribution is -2.53. The summed E-state index contributed by atoms with van der Waals surface area (Å²) in [5, 5.41) is 10.3. The number of hydrogen-bond acceptors (Lipinski definition) is 3. The Hall–Kier alpha value is -1.80. The molecular weight excluding hydrogens is 293 g/mol. The molecule has 1 aliphatic heterocycles. The Labute approximate surface area is 119 Å². The average molecular weight is 310 g/mol. The molecule has 2 atom stereocenters.